The summed E-state index contributed by atoms with van der Waals surface area (Å²) in [6, 6.07) is 10.3. The molecule has 0 bridgehead atoms. The highest BCUT2D eigenvalue weighted by Crippen LogP contribution is 2.24. The SMILES string of the molecule is CCCCCCc1ccc(-c2ccc(C(=O)N3CCC[C@H]3C(=O)N[C@H](C(=O)N[C@@H](C)C(=O)N[C@@H](CC(N)=O)C(=O)N[C@@H](C)B(O)O)[C@H](C)O)cc2)cc1. The Morgan fingerprint density at radius 1 is 0.830 bits per heavy atom. The number of unbranched alkanes of at least 4 members (excludes halogenated alkanes) is 3. The number of aryl methyl sites for hydroxylation is 1. The second-order valence-electron chi connectivity index (χ2n) is 13.6. The molecule has 1 saturated heterocycles. The van der Waals surface area contributed by atoms with Crippen LogP contribution in [0.5, 0.6) is 0 Å². The molecule has 1 fully saturated rings. The first kappa shape index (κ1) is 42.6. The van der Waals surface area contributed by atoms with Gasteiger partial charge in [-0.2, -0.15) is 0 Å². The van der Waals surface area contributed by atoms with Crippen LogP contribution in [0.4, 0.5) is 0 Å². The molecule has 1 heterocycles. The minimum Gasteiger partial charge on any atom is -0.426 e. The van der Waals surface area contributed by atoms with E-state index in [-0.39, 0.29) is 5.91 Å². The highest BCUT2D eigenvalue weighted by molar-refractivity contribution is 6.43. The first-order valence-corrected chi connectivity index (χ1v) is 18.2. The lowest BCUT2D eigenvalue weighted by atomic mass is 9.81. The third-order valence-electron chi connectivity index (χ3n) is 9.22. The summed E-state index contributed by atoms with van der Waals surface area (Å²) in [6.07, 6.45) is 4.72. The molecular weight excluding hydrogens is 683 g/mol. The van der Waals surface area contributed by atoms with E-state index in [1.807, 2.05) is 12.1 Å². The van der Waals surface area contributed by atoms with Gasteiger partial charge in [0.25, 0.3) is 5.91 Å². The summed E-state index contributed by atoms with van der Waals surface area (Å²) in [4.78, 5) is 78.6. The number of primary amides is 1. The van der Waals surface area contributed by atoms with E-state index in [4.69, 9.17) is 5.73 Å². The van der Waals surface area contributed by atoms with Crippen LogP contribution < -0.4 is 27.0 Å². The fourth-order valence-electron chi connectivity index (χ4n) is 6.00. The van der Waals surface area contributed by atoms with Crippen LogP contribution in [0.25, 0.3) is 11.1 Å². The summed E-state index contributed by atoms with van der Waals surface area (Å²) in [5.41, 5.74) is 8.87. The zero-order chi connectivity index (χ0) is 39.2. The lowest BCUT2D eigenvalue weighted by molar-refractivity contribution is -0.136. The Bertz CT molecular complexity index is 1570. The zero-order valence-electron chi connectivity index (χ0n) is 30.8. The van der Waals surface area contributed by atoms with Gasteiger partial charge in [0.2, 0.25) is 29.5 Å². The van der Waals surface area contributed by atoms with Crippen LogP contribution in [0.1, 0.15) is 88.6 Å². The summed E-state index contributed by atoms with van der Waals surface area (Å²) in [7, 11) is -1.91. The van der Waals surface area contributed by atoms with Crippen LogP contribution in [0.2, 0.25) is 0 Å². The van der Waals surface area contributed by atoms with Crippen molar-refractivity contribution in [3.63, 3.8) is 0 Å². The number of amides is 6. The van der Waals surface area contributed by atoms with Gasteiger partial charge in [-0.15, -0.1) is 0 Å². The Kier molecular flexibility index (Phi) is 16.4. The fraction of sp³-hybridized carbons (Fsp3) is 0.514. The van der Waals surface area contributed by atoms with Gasteiger partial charge in [-0.3, -0.25) is 28.8 Å². The Labute approximate surface area is 310 Å². The summed E-state index contributed by atoms with van der Waals surface area (Å²) in [6.45, 7) is 6.35. The maximum atomic E-state index is 13.6. The normalized spacial score (nSPS) is 16.7. The van der Waals surface area contributed by atoms with Crippen molar-refractivity contribution in [2.45, 2.75) is 115 Å². The zero-order valence-corrected chi connectivity index (χ0v) is 30.8. The number of carbonyl (C=O) groups is 6. The minimum atomic E-state index is -1.91. The molecule has 0 spiro atoms. The number of benzene rings is 2. The number of nitrogens with two attached hydrogens (primary N) is 1. The molecule has 0 aliphatic carbocycles. The number of nitrogens with one attached hydrogen (secondary N) is 4. The Balaban J connectivity index is 1.61. The molecule has 0 aromatic heterocycles. The number of nitrogens with zero attached hydrogens (tertiary/aromatic N) is 1. The van der Waals surface area contributed by atoms with Crippen LogP contribution in [0, 0.1) is 0 Å². The monoisotopic (exact) mass is 736 g/mol. The molecule has 16 heteroatoms. The fourth-order valence-corrected chi connectivity index (χ4v) is 6.00. The maximum absolute atomic E-state index is 13.6. The molecule has 2 aromatic carbocycles. The van der Waals surface area contributed by atoms with Gasteiger partial charge in [0.05, 0.1) is 18.5 Å². The lowest BCUT2D eigenvalue weighted by Gasteiger charge is -2.28. The number of aliphatic hydroxyl groups excluding tert-OH is 1. The Hall–Kier alpha value is -4.80. The molecule has 9 N–H and O–H groups in total. The first-order valence-electron chi connectivity index (χ1n) is 18.2. The second-order valence-corrected chi connectivity index (χ2v) is 13.6. The molecule has 0 saturated carbocycles. The van der Waals surface area contributed by atoms with E-state index in [9.17, 15) is 43.9 Å². The maximum Gasteiger partial charge on any atom is 0.475 e. The number of aliphatic hydroxyl groups is 1. The molecule has 1 aliphatic rings. The van der Waals surface area contributed by atoms with E-state index in [0.717, 1.165) is 24.0 Å². The molecule has 6 atom stereocenters. The number of hydrogen-bond acceptors (Lipinski definition) is 9. The van der Waals surface area contributed by atoms with Crippen LogP contribution in [-0.2, 0) is 30.4 Å². The number of rotatable bonds is 19. The van der Waals surface area contributed by atoms with Crippen molar-refractivity contribution in [3.8, 4) is 11.1 Å². The quantitative estimate of drug-likeness (QED) is 0.0731. The predicted octanol–water partition coefficient (Wildman–Crippen LogP) is 0.328. The van der Waals surface area contributed by atoms with Crippen molar-refractivity contribution in [2.75, 3.05) is 6.54 Å². The smallest absolute Gasteiger partial charge is 0.426 e. The first-order chi connectivity index (χ1) is 25.1. The van der Waals surface area contributed by atoms with Crippen LogP contribution in [0.15, 0.2) is 48.5 Å². The van der Waals surface area contributed by atoms with Gasteiger partial charge in [-0.1, -0.05) is 62.6 Å². The number of carbonyl (C=O) groups excluding carboxylic acids is 6. The van der Waals surface area contributed by atoms with Gasteiger partial charge < -0.3 is 47.1 Å². The molecule has 288 valence electrons. The topological polar surface area (TPSA) is 240 Å². The van der Waals surface area contributed by atoms with Crippen LogP contribution in [-0.4, -0.2) is 105 Å². The summed E-state index contributed by atoms with van der Waals surface area (Å²) >= 11 is 0. The number of hydrogen-bond donors (Lipinski definition) is 8. The van der Waals surface area contributed by atoms with Crippen LogP contribution >= 0.6 is 0 Å². The van der Waals surface area contributed by atoms with E-state index < -0.39 is 79.3 Å². The minimum absolute atomic E-state index is 0.317. The highest BCUT2D eigenvalue weighted by atomic mass is 16.4. The van der Waals surface area contributed by atoms with E-state index in [2.05, 4.69) is 52.5 Å². The molecule has 6 amide bonds. The van der Waals surface area contributed by atoms with E-state index in [0.29, 0.717) is 24.9 Å². The molecule has 2 aromatic rings. The molecule has 15 nitrogen and oxygen atoms in total. The summed E-state index contributed by atoms with van der Waals surface area (Å²) in [5, 5.41) is 38.3. The van der Waals surface area contributed by atoms with E-state index in [1.165, 1.54) is 50.5 Å². The van der Waals surface area contributed by atoms with E-state index in [1.54, 1.807) is 12.1 Å². The molecule has 0 unspecified atom stereocenters. The van der Waals surface area contributed by atoms with Crippen molar-refractivity contribution in [1.29, 1.82) is 0 Å². The average Bonchev–Trinajstić information content (AvgIpc) is 3.62. The van der Waals surface area contributed by atoms with Crippen molar-refractivity contribution in [1.82, 2.24) is 26.2 Å². The third-order valence-corrected chi connectivity index (χ3v) is 9.22. The second kappa shape index (κ2) is 20.4. The predicted molar refractivity (Wildman–Crippen MR) is 199 cm³/mol. The molecule has 1 aliphatic heterocycles. The molecule has 53 heavy (non-hydrogen) atoms. The number of likely N-dealkylation sites (tertiary alicyclic amines) is 1. The van der Waals surface area contributed by atoms with Crippen molar-refractivity contribution >= 4 is 42.6 Å². The average molecular weight is 737 g/mol. The molecular formula is C37H53BN6O9. The third kappa shape index (κ3) is 12.7. The van der Waals surface area contributed by atoms with Gasteiger partial charge in [0.1, 0.15) is 24.2 Å². The van der Waals surface area contributed by atoms with E-state index >= 15 is 0 Å². The summed E-state index contributed by atoms with van der Waals surface area (Å²) in [5.74, 6) is -5.80. The van der Waals surface area contributed by atoms with Crippen molar-refractivity contribution < 1.29 is 43.9 Å². The highest BCUT2D eigenvalue weighted by Gasteiger charge is 2.38. The molecule has 3 rings (SSSR count). The Morgan fingerprint density at radius 2 is 1.45 bits per heavy atom. The van der Waals surface area contributed by atoms with Gasteiger partial charge >= 0.3 is 7.12 Å². The van der Waals surface area contributed by atoms with Gasteiger partial charge in [0, 0.05) is 12.1 Å². The van der Waals surface area contributed by atoms with Crippen molar-refractivity contribution in [2.24, 2.45) is 5.73 Å². The molecule has 0 radical (unpaired) electrons. The van der Waals surface area contributed by atoms with Crippen LogP contribution in [0.3, 0.4) is 0 Å². The van der Waals surface area contributed by atoms with Gasteiger partial charge in [-0.05, 0) is 75.3 Å². The van der Waals surface area contributed by atoms with Crippen molar-refractivity contribution in [3.05, 3.63) is 59.7 Å². The Morgan fingerprint density at radius 3 is 2.02 bits per heavy atom. The summed E-state index contributed by atoms with van der Waals surface area (Å²) < 4.78 is 0. The van der Waals surface area contributed by atoms with Gasteiger partial charge in [-0.25, -0.2) is 0 Å². The largest absolute Gasteiger partial charge is 0.475 e. The lowest BCUT2D eigenvalue weighted by Crippen LogP contribution is -2.60. The standard InChI is InChI=1S/C37H53BN6O9/c1-5-6-7-8-10-25-12-14-26(15-13-25)27-16-18-28(19-17-27)37(51)44-20-9-11-30(44)35(49)43-32(23(3)45)36(50)40-22(2)33(47)42-29(21-31(39)46)34(48)41-24(4)38(52)53/h12-19,22-24,29-30,32,45,52-53H,5-11,20-21H2,1-4H3,(H2,39,46)(H,40,50)(H,41,48)(H,42,47)(H,43,49)/t22-,23-,24-,29-,30-,32-/m0/s1. The van der Waals surface area contributed by atoms with Gasteiger partial charge in [0.15, 0.2) is 0 Å².